The maximum Gasteiger partial charge on any atom is 0.272 e. The van der Waals surface area contributed by atoms with Crippen molar-refractivity contribution in [1.82, 2.24) is 10.4 Å². The zero-order chi connectivity index (χ0) is 20.3. The summed E-state index contributed by atoms with van der Waals surface area (Å²) >= 11 is 0. The predicted octanol–water partition coefficient (Wildman–Crippen LogP) is 5.37. The van der Waals surface area contributed by atoms with Crippen molar-refractivity contribution in [1.29, 1.82) is 0 Å². The Kier molecular flexibility index (Phi) is 4.81. The van der Waals surface area contributed by atoms with Crippen molar-refractivity contribution in [2.24, 2.45) is 5.10 Å². The highest BCUT2D eigenvalue weighted by atomic mass is 16.2. The number of fused-ring (bicyclic) bond motifs is 2. The summed E-state index contributed by atoms with van der Waals surface area (Å²) in [7, 11) is 0. The number of hydrazone groups is 1. The molecule has 1 aromatic heterocycles. The number of benzene rings is 3. The number of para-hydroxylation sites is 1. The maximum atomic E-state index is 13.2. The average molecular weight is 391 g/mol. The molecule has 0 fully saturated rings. The molecule has 146 valence electrons. The van der Waals surface area contributed by atoms with Gasteiger partial charge in [-0.05, 0) is 37.0 Å². The van der Waals surface area contributed by atoms with E-state index in [0.29, 0.717) is 5.56 Å². The van der Waals surface area contributed by atoms with Gasteiger partial charge in [0.05, 0.1) is 22.5 Å². The molecule has 4 aromatic rings. The van der Waals surface area contributed by atoms with Crippen molar-refractivity contribution < 1.29 is 4.79 Å². The first-order chi connectivity index (χ1) is 14.8. The average Bonchev–Trinajstić information content (AvgIpc) is 2.82. The van der Waals surface area contributed by atoms with E-state index in [4.69, 9.17) is 4.98 Å². The van der Waals surface area contributed by atoms with Gasteiger partial charge in [0, 0.05) is 16.5 Å². The fourth-order valence-electron chi connectivity index (χ4n) is 4.02. The number of carbonyl (C=O) groups is 1. The molecular weight excluding hydrogens is 370 g/mol. The smallest absolute Gasteiger partial charge is 0.267 e. The SMILES string of the molecule is O=C(NN=C1CCCc2ccccc21)c1cc(-c2ccccc2)nc2ccccc12. The van der Waals surface area contributed by atoms with Gasteiger partial charge < -0.3 is 0 Å². The minimum atomic E-state index is -0.221. The zero-order valence-electron chi connectivity index (χ0n) is 16.5. The monoisotopic (exact) mass is 391 g/mol. The minimum Gasteiger partial charge on any atom is -0.267 e. The molecule has 4 nitrogen and oxygen atoms in total. The second-order valence-corrected chi connectivity index (χ2v) is 7.45. The summed E-state index contributed by atoms with van der Waals surface area (Å²) in [6.45, 7) is 0. The number of nitrogens with one attached hydrogen (secondary N) is 1. The highest BCUT2D eigenvalue weighted by molar-refractivity contribution is 6.08. The molecule has 5 rings (SSSR count). The lowest BCUT2D eigenvalue weighted by Crippen LogP contribution is -2.22. The number of carbonyl (C=O) groups excluding carboxylic acids is 1. The van der Waals surface area contributed by atoms with Crippen molar-refractivity contribution >= 4 is 22.5 Å². The van der Waals surface area contributed by atoms with Crippen LogP contribution in [0.2, 0.25) is 0 Å². The maximum absolute atomic E-state index is 13.2. The van der Waals surface area contributed by atoms with Gasteiger partial charge in [0.2, 0.25) is 0 Å². The third kappa shape index (κ3) is 3.48. The molecule has 0 saturated carbocycles. The number of pyridine rings is 1. The Bertz CT molecular complexity index is 1260. The van der Waals surface area contributed by atoms with E-state index in [2.05, 4.69) is 28.7 Å². The molecule has 1 aliphatic rings. The van der Waals surface area contributed by atoms with Crippen LogP contribution in [0.25, 0.3) is 22.2 Å². The number of hydrogen-bond acceptors (Lipinski definition) is 3. The largest absolute Gasteiger partial charge is 0.272 e. The van der Waals surface area contributed by atoms with E-state index in [1.54, 1.807) is 0 Å². The van der Waals surface area contributed by atoms with E-state index in [1.807, 2.05) is 66.7 Å². The topological polar surface area (TPSA) is 54.4 Å². The molecular formula is C26H21N3O. The number of amides is 1. The fraction of sp³-hybridized carbons (Fsp3) is 0.115. The molecule has 0 bridgehead atoms. The van der Waals surface area contributed by atoms with E-state index in [0.717, 1.165) is 52.7 Å². The minimum absolute atomic E-state index is 0.221. The summed E-state index contributed by atoms with van der Waals surface area (Å²) in [5.41, 5.74) is 9.28. The van der Waals surface area contributed by atoms with Gasteiger partial charge in [-0.2, -0.15) is 5.10 Å². The number of rotatable bonds is 3. The Labute approximate surface area is 175 Å². The van der Waals surface area contributed by atoms with Crippen LogP contribution in [0.1, 0.15) is 34.3 Å². The summed E-state index contributed by atoms with van der Waals surface area (Å²) in [5.74, 6) is -0.221. The van der Waals surface area contributed by atoms with E-state index >= 15 is 0 Å². The Morgan fingerprint density at radius 1 is 0.867 bits per heavy atom. The molecule has 0 unspecified atom stereocenters. The van der Waals surface area contributed by atoms with Crippen LogP contribution in [-0.4, -0.2) is 16.6 Å². The summed E-state index contributed by atoms with van der Waals surface area (Å²) in [4.78, 5) is 17.9. The molecule has 0 aliphatic heterocycles. The molecule has 3 aromatic carbocycles. The molecule has 1 N–H and O–H groups in total. The third-order valence-electron chi connectivity index (χ3n) is 5.51. The quantitative estimate of drug-likeness (QED) is 0.477. The molecule has 1 aliphatic carbocycles. The van der Waals surface area contributed by atoms with Crippen molar-refractivity contribution in [3.63, 3.8) is 0 Å². The fourth-order valence-corrected chi connectivity index (χ4v) is 4.02. The van der Waals surface area contributed by atoms with E-state index < -0.39 is 0 Å². The van der Waals surface area contributed by atoms with Gasteiger partial charge in [0.1, 0.15) is 0 Å². The molecule has 4 heteroatoms. The Balaban J connectivity index is 1.52. The normalized spacial score (nSPS) is 14.5. The first-order valence-corrected chi connectivity index (χ1v) is 10.2. The first-order valence-electron chi connectivity index (χ1n) is 10.2. The molecule has 0 radical (unpaired) electrons. The summed E-state index contributed by atoms with van der Waals surface area (Å²) < 4.78 is 0. The number of hydrogen-bond donors (Lipinski definition) is 1. The van der Waals surface area contributed by atoms with E-state index in [-0.39, 0.29) is 5.91 Å². The van der Waals surface area contributed by atoms with Gasteiger partial charge in [-0.25, -0.2) is 10.4 Å². The van der Waals surface area contributed by atoms with E-state index in [9.17, 15) is 4.79 Å². The van der Waals surface area contributed by atoms with Crippen molar-refractivity contribution in [3.05, 3.63) is 102 Å². The Morgan fingerprint density at radius 2 is 1.63 bits per heavy atom. The van der Waals surface area contributed by atoms with Crippen LogP contribution < -0.4 is 5.43 Å². The van der Waals surface area contributed by atoms with Gasteiger partial charge in [-0.1, -0.05) is 72.8 Å². The lowest BCUT2D eigenvalue weighted by Gasteiger charge is -2.17. The van der Waals surface area contributed by atoms with Crippen LogP contribution in [0.5, 0.6) is 0 Å². The predicted molar refractivity (Wildman–Crippen MR) is 121 cm³/mol. The lowest BCUT2D eigenvalue weighted by molar-refractivity contribution is 0.0956. The van der Waals surface area contributed by atoms with Crippen molar-refractivity contribution in [2.75, 3.05) is 0 Å². The molecule has 30 heavy (non-hydrogen) atoms. The van der Waals surface area contributed by atoms with E-state index in [1.165, 1.54) is 5.56 Å². The van der Waals surface area contributed by atoms with Gasteiger partial charge in [-0.3, -0.25) is 4.79 Å². The van der Waals surface area contributed by atoms with Gasteiger partial charge in [0.25, 0.3) is 5.91 Å². The summed E-state index contributed by atoms with van der Waals surface area (Å²) in [6.07, 6.45) is 2.96. The first kappa shape index (κ1) is 18.3. The standard InChI is InChI=1S/C26H21N3O/c30-26(29-28-24-16-8-12-18-9-4-5-13-20(18)24)22-17-25(19-10-2-1-3-11-19)27-23-15-7-6-14-21(22)23/h1-7,9-11,13-15,17H,8,12,16H2,(H,29,30). The van der Waals surface area contributed by atoms with Crippen molar-refractivity contribution in [2.45, 2.75) is 19.3 Å². The number of aromatic nitrogens is 1. The van der Waals surface area contributed by atoms with Gasteiger partial charge in [-0.15, -0.1) is 0 Å². The molecule has 0 atom stereocenters. The zero-order valence-corrected chi connectivity index (χ0v) is 16.5. The second kappa shape index (κ2) is 7.91. The Hall–Kier alpha value is -3.79. The van der Waals surface area contributed by atoms with Crippen LogP contribution in [0.15, 0.2) is 90.0 Å². The van der Waals surface area contributed by atoms with Crippen LogP contribution in [-0.2, 0) is 6.42 Å². The van der Waals surface area contributed by atoms with Crippen LogP contribution in [0, 0.1) is 0 Å². The van der Waals surface area contributed by atoms with Crippen LogP contribution >= 0.6 is 0 Å². The third-order valence-corrected chi connectivity index (χ3v) is 5.51. The number of aryl methyl sites for hydroxylation is 1. The lowest BCUT2D eigenvalue weighted by atomic mass is 9.90. The molecule has 1 heterocycles. The van der Waals surface area contributed by atoms with Gasteiger partial charge >= 0.3 is 0 Å². The Morgan fingerprint density at radius 3 is 2.53 bits per heavy atom. The van der Waals surface area contributed by atoms with Gasteiger partial charge in [0.15, 0.2) is 0 Å². The number of nitrogens with zero attached hydrogens (tertiary/aromatic N) is 2. The molecule has 0 spiro atoms. The highest BCUT2D eigenvalue weighted by Gasteiger charge is 2.17. The molecule has 1 amide bonds. The van der Waals surface area contributed by atoms with Crippen molar-refractivity contribution in [3.8, 4) is 11.3 Å². The van der Waals surface area contributed by atoms with Crippen LogP contribution in [0.3, 0.4) is 0 Å². The summed E-state index contributed by atoms with van der Waals surface area (Å²) in [6, 6.07) is 27.8. The summed E-state index contributed by atoms with van der Waals surface area (Å²) in [5, 5.41) is 5.33. The molecule has 0 saturated heterocycles. The second-order valence-electron chi connectivity index (χ2n) is 7.45. The highest BCUT2D eigenvalue weighted by Crippen LogP contribution is 2.25. The van der Waals surface area contributed by atoms with Crippen LogP contribution in [0.4, 0.5) is 0 Å².